The van der Waals surface area contributed by atoms with Gasteiger partial charge in [0.25, 0.3) is 0 Å². The molecule has 0 unspecified atom stereocenters. The minimum Gasteiger partial charge on any atom is -0.351 e. The maximum atomic E-state index is 9.09. The van der Waals surface area contributed by atoms with Crippen molar-refractivity contribution in [1.29, 1.82) is 5.26 Å². The zero-order valence-electron chi connectivity index (χ0n) is 18.0. The van der Waals surface area contributed by atoms with Crippen LogP contribution in [0.5, 0.6) is 0 Å². The second-order valence-corrected chi connectivity index (χ2v) is 7.49. The van der Waals surface area contributed by atoms with E-state index in [1.807, 2.05) is 66.5 Å². The monoisotopic (exact) mass is 421 g/mol. The Morgan fingerprint density at radius 1 is 1.00 bits per heavy atom. The number of nitrogens with zero attached hydrogens (tertiary/aromatic N) is 6. The van der Waals surface area contributed by atoms with Gasteiger partial charge in [-0.15, -0.1) is 0 Å². The number of nitriles is 1. The Morgan fingerprint density at radius 2 is 1.84 bits per heavy atom. The van der Waals surface area contributed by atoms with Crippen LogP contribution in [0.2, 0.25) is 0 Å². The molecule has 7 heteroatoms. The van der Waals surface area contributed by atoms with Crippen molar-refractivity contribution < 1.29 is 0 Å². The summed E-state index contributed by atoms with van der Waals surface area (Å²) in [7, 11) is 1.90. The molecular weight excluding hydrogens is 398 g/mol. The Balaban J connectivity index is 1.48. The number of hydrogen-bond donors (Lipinski definition) is 1. The summed E-state index contributed by atoms with van der Waals surface area (Å²) in [6.45, 7) is 2.06. The van der Waals surface area contributed by atoms with Crippen LogP contribution in [-0.4, -0.2) is 33.0 Å². The van der Waals surface area contributed by atoms with Crippen LogP contribution in [0.25, 0.3) is 11.3 Å². The predicted molar refractivity (Wildman–Crippen MR) is 126 cm³/mol. The van der Waals surface area contributed by atoms with Gasteiger partial charge in [-0.1, -0.05) is 42.5 Å². The molecule has 0 radical (unpaired) electrons. The van der Waals surface area contributed by atoms with Gasteiger partial charge in [0.15, 0.2) is 5.82 Å². The van der Waals surface area contributed by atoms with Gasteiger partial charge < -0.3 is 10.2 Å². The molecule has 4 rings (SSSR count). The number of aromatic nitrogens is 4. The van der Waals surface area contributed by atoms with Gasteiger partial charge in [-0.2, -0.15) is 10.2 Å². The summed E-state index contributed by atoms with van der Waals surface area (Å²) in [5, 5.41) is 12.4. The standard InChI is InChI=1S/C25H23N7/c1-18(13-19-7-6-8-20(14-19)15-26)29-25-28-12-11-23(31-25)32(2)24-17-27-16-22(30-24)21-9-4-3-5-10-21/h3-12,14,16-18H,13H2,1-2H3,(H,28,29,31)/t18-/m0/s1. The first-order valence-electron chi connectivity index (χ1n) is 10.3. The van der Waals surface area contributed by atoms with Gasteiger partial charge in [0.1, 0.15) is 5.82 Å². The number of anilines is 3. The molecule has 0 aliphatic rings. The molecule has 0 saturated carbocycles. The summed E-state index contributed by atoms with van der Waals surface area (Å²) in [6.07, 6.45) is 5.94. The minimum atomic E-state index is 0.0886. The average Bonchev–Trinajstić information content (AvgIpc) is 2.84. The van der Waals surface area contributed by atoms with Crippen molar-refractivity contribution in [1.82, 2.24) is 19.9 Å². The third kappa shape index (κ3) is 5.05. The Morgan fingerprint density at radius 3 is 2.66 bits per heavy atom. The summed E-state index contributed by atoms with van der Waals surface area (Å²) < 4.78 is 0. The van der Waals surface area contributed by atoms with E-state index in [4.69, 9.17) is 10.2 Å². The number of nitrogens with one attached hydrogen (secondary N) is 1. The van der Waals surface area contributed by atoms with Gasteiger partial charge in [-0.25, -0.2) is 9.97 Å². The first-order chi connectivity index (χ1) is 15.6. The second-order valence-electron chi connectivity index (χ2n) is 7.49. The lowest BCUT2D eigenvalue weighted by Crippen LogP contribution is -2.21. The SMILES string of the molecule is C[C@@H](Cc1cccc(C#N)c1)Nc1nccc(N(C)c2cncc(-c3ccccc3)n2)n1. The molecule has 0 spiro atoms. The van der Waals surface area contributed by atoms with Crippen molar-refractivity contribution in [2.24, 2.45) is 0 Å². The highest BCUT2D eigenvalue weighted by molar-refractivity contribution is 5.62. The topological polar surface area (TPSA) is 90.6 Å². The van der Waals surface area contributed by atoms with Gasteiger partial charge in [0.05, 0.1) is 29.7 Å². The molecule has 4 aromatic rings. The van der Waals surface area contributed by atoms with Gasteiger partial charge in [0, 0.05) is 24.8 Å². The zero-order valence-corrected chi connectivity index (χ0v) is 18.0. The number of benzene rings is 2. The van der Waals surface area contributed by atoms with E-state index < -0.39 is 0 Å². The molecule has 0 aliphatic carbocycles. The minimum absolute atomic E-state index is 0.0886. The Hall–Kier alpha value is -4.31. The molecule has 1 N–H and O–H groups in total. The van der Waals surface area contributed by atoms with Gasteiger partial charge in [-0.3, -0.25) is 4.98 Å². The molecule has 0 saturated heterocycles. The third-order valence-electron chi connectivity index (χ3n) is 4.99. The zero-order chi connectivity index (χ0) is 22.3. The summed E-state index contributed by atoms with van der Waals surface area (Å²) in [4.78, 5) is 20.0. The summed E-state index contributed by atoms with van der Waals surface area (Å²) in [5.74, 6) is 1.93. The maximum Gasteiger partial charge on any atom is 0.224 e. The Labute approximate surface area is 187 Å². The lowest BCUT2D eigenvalue weighted by Gasteiger charge is -2.19. The number of hydrogen-bond acceptors (Lipinski definition) is 7. The van der Waals surface area contributed by atoms with Crippen molar-refractivity contribution in [3.8, 4) is 17.3 Å². The van der Waals surface area contributed by atoms with E-state index in [1.165, 1.54) is 0 Å². The summed E-state index contributed by atoms with van der Waals surface area (Å²) in [5.41, 5.74) is 3.56. The van der Waals surface area contributed by atoms with Crippen LogP contribution in [0.4, 0.5) is 17.6 Å². The van der Waals surface area contributed by atoms with Crippen LogP contribution < -0.4 is 10.2 Å². The van der Waals surface area contributed by atoms with Crippen molar-refractivity contribution in [3.05, 3.63) is 90.4 Å². The lowest BCUT2D eigenvalue weighted by atomic mass is 10.0. The molecule has 0 amide bonds. The molecule has 0 aliphatic heterocycles. The molecule has 32 heavy (non-hydrogen) atoms. The summed E-state index contributed by atoms with van der Waals surface area (Å²) in [6, 6.07) is 21.7. The number of rotatable bonds is 7. The van der Waals surface area contributed by atoms with Crippen LogP contribution in [0.1, 0.15) is 18.1 Å². The fourth-order valence-corrected chi connectivity index (χ4v) is 3.38. The fraction of sp³-hybridized carbons (Fsp3) is 0.160. The largest absolute Gasteiger partial charge is 0.351 e. The first kappa shape index (κ1) is 20.9. The molecule has 1 atom stereocenters. The van der Waals surface area contributed by atoms with Crippen molar-refractivity contribution in [2.75, 3.05) is 17.3 Å². The molecule has 7 nitrogen and oxygen atoms in total. The van der Waals surface area contributed by atoms with Gasteiger partial charge >= 0.3 is 0 Å². The highest BCUT2D eigenvalue weighted by Gasteiger charge is 2.12. The van der Waals surface area contributed by atoms with E-state index >= 15 is 0 Å². The molecule has 2 aromatic heterocycles. The lowest BCUT2D eigenvalue weighted by molar-refractivity contribution is 0.776. The van der Waals surface area contributed by atoms with Gasteiger partial charge in [-0.05, 0) is 37.1 Å². The Kier molecular flexibility index (Phi) is 6.33. The van der Waals surface area contributed by atoms with E-state index in [0.29, 0.717) is 23.1 Å². The van der Waals surface area contributed by atoms with E-state index in [1.54, 1.807) is 24.7 Å². The molecule has 2 aromatic carbocycles. The van der Waals surface area contributed by atoms with E-state index in [2.05, 4.69) is 33.3 Å². The van der Waals surface area contributed by atoms with E-state index in [-0.39, 0.29) is 6.04 Å². The highest BCUT2D eigenvalue weighted by Crippen LogP contribution is 2.23. The molecular formula is C25H23N7. The van der Waals surface area contributed by atoms with Crippen LogP contribution in [-0.2, 0) is 6.42 Å². The fourth-order valence-electron chi connectivity index (χ4n) is 3.38. The van der Waals surface area contributed by atoms with Crippen molar-refractivity contribution in [2.45, 2.75) is 19.4 Å². The van der Waals surface area contributed by atoms with E-state index in [0.717, 1.165) is 23.2 Å². The molecule has 158 valence electrons. The van der Waals surface area contributed by atoms with Crippen LogP contribution in [0, 0.1) is 11.3 Å². The normalized spacial score (nSPS) is 11.4. The average molecular weight is 422 g/mol. The molecule has 2 heterocycles. The Bertz CT molecular complexity index is 1230. The van der Waals surface area contributed by atoms with Crippen molar-refractivity contribution >= 4 is 17.6 Å². The molecule has 0 fully saturated rings. The highest BCUT2D eigenvalue weighted by atomic mass is 15.3. The summed E-state index contributed by atoms with van der Waals surface area (Å²) >= 11 is 0. The smallest absolute Gasteiger partial charge is 0.224 e. The third-order valence-corrected chi connectivity index (χ3v) is 4.99. The first-order valence-corrected chi connectivity index (χ1v) is 10.3. The van der Waals surface area contributed by atoms with Gasteiger partial charge in [0.2, 0.25) is 5.95 Å². The van der Waals surface area contributed by atoms with Crippen molar-refractivity contribution in [3.63, 3.8) is 0 Å². The molecule has 0 bridgehead atoms. The quantitative estimate of drug-likeness (QED) is 0.466. The maximum absolute atomic E-state index is 9.09. The second kappa shape index (κ2) is 9.67. The van der Waals surface area contributed by atoms with E-state index in [9.17, 15) is 0 Å². The van der Waals surface area contributed by atoms with Crippen LogP contribution in [0.3, 0.4) is 0 Å². The van der Waals surface area contributed by atoms with Crippen LogP contribution in [0.15, 0.2) is 79.3 Å². The predicted octanol–water partition coefficient (Wildman–Crippen LogP) is 4.62. The van der Waals surface area contributed by atoms with Crippen LogP contribution >= 0.6 is 0 Å².